The van der Waals surface area contributed by atoms with Crippen molar-refractivity contribution in [2.75, 3.05) is 6.54 Å². The molecule has 0 heterocycles. The molecule has 1 rings (SSSR count). The summed E-state index contributed by atoms with van der Waals surface area (Å²) in [6, 6.07) is 0.448. The van der Waals surface area contributed by atoms with Gasteiger partial charge in [0.15, 0.2) is 0 Å². The molecule has 104 valence electrons. The predicted octanol–water partition coefficient (Wildman–Crippen LogP) is 4.71. The Hall–Kier alpha value is -1.34. The summed E-state index contributed by atoms with van der Waals surface area (Å²) in [4.78, 5) is 0. The van der Waals surface area contributed by atoms with Crippen LogP contribution in [0.3, 0.4) is 0 Å². The van der Waals surface area contributed by atoms with Gasteiger partial charge >= 0.3 is 0 Å². The quantitative estimate of drug-likeness (QED) is 0.621. The van der Waals surface area contributed by atoms with Gasteiger partial charge in [0.25, 0.3) is 0 Å². The van der Waals surface area contributed by atoms with E-state index < -0.39 is 0 Å². The van der Waals surface area contributed by atoms with Gasteiger partial charge in [0.05, 0.1) is 0 Å². The summed E-state index contributed by atoms with van der Waals surface area (Å²) in [5.41, 5.74) is 2.88. The second kappa shape index (κ2) is 9.57. The normalized spacial score (nSPS) is 25.2. The highest BCUT2D eigenvalue weighted by atomic mass is 14.9. The van der Waals surface area contributed by atoms with E-state index in [-0.39, 0.29) is 0 Å². The summed E-state index contributed by atoms with van der Waals surface area (Å²) in [5, 5.41) is 3.57. The minimum Gasteiger partial charge on any atom is -0.310 e. The summed E-state index contributed by atoms with van der Waals surface area (Å²) >= 11 is 0. The van der Waals surface area contributed by atoms with E-state index >= 15 is 0 Å². The zero-order valence-electron chi connectivity index (χ0n) is 12.4. The van der Waals surface area contributed by atoms with Crippen LogP contribution < -0.4 is 5.32 Å². The Balaban J connectivity index is 2.55. The highest BCUT2D eigenvalue weighted by Crippen LogP contribution is 2.17. The molecule has 1 unspecified atom stereocenters. The molecule has 0 amide bonds. The molecule has 0 aromatic carbocycles. The Morgan fingerprint density at radius 3 is 2.37 bits per heavy atom. The van der Waals surface area contributed by atoms with Gasteiger partial charge in [-0.05, 0) is 37.0 Å². The molecule has 0 saturated heterocycles. The van der Waals surface area contributed by atoms with Crippen molar-refractivity contribution in [3.05, 3.63) is 60.3 Å². The molecule has 1 heteroatoms. The van der Waals surface area contributed by atoms with Crippen LogP contribution in [0.4, 0.5) is 0 Å². The first-order valence-corrected chi connectivity index (χ1v) is 7.41. The molecule has 0 aromatic heterocycles. The Kier molecular flexibility index (Phi) is 7.92. The van der Waals surface area contributed by atoms with Gasteiger partial charge in [-0.2, -0.15) is 0 Å². The lowest BCUT2D eigenvalue weighted by molar-refractivity contribution is 0.552. The maximum absolute atomic E-state index is 3.89. The van der Waals surface area contributed by atoms with Gasteiger partial charge in [0.1, 0.15) is 0 Å². The Labute approximate surface area is 118 Å². The zero-order chi connectivity index (χ0) is 13.9. The predicted molar refractivity (Wildman–Crippen MR) is 86.2 cm³/mol. The standard InChI is InChI=1S/C18H27N/c1-4-11-18(6-3)19-15-14-17-13-10-8-7-9-12-16(17)5-2/h6-10,12-13,18-19H,3-5,11,14-15H2,1-2H3/b8-7-,9-7?,10-8?,12-9-,13-10-,16-12?,17-13?,17-16+. The molecule has 0 spiro atoms. The van der Waals surface area contributed by atoms with Crippen molar-refractivity contribution in [2.24, 2.45) is 0 Å². The first kappa shape index (κ1) is 15.7. The SMILES string of the molecule is C=CC(CCC)NCCC1=C(CC)/C=C\C=C/C=C\1. The largest absolute Gasteiger partial charge is 0.310 e. The minimum absolute atomic E-state index is 0.448. The van der Waals surface area contributed by atoms with Crippen LogP contribution in [0.25, 0.3) is 0 Å². The Morgan fingerprint density at radius 1 is 1.11 bits per heavy atom. The van der Waals surface area contributed by atoms with Crippen LogP contribution in [0.1, 0.15) is 39.5 Å². The highest BCUT2D eigenvalue weighted by molar-refractivity contribution is 5.38. The average Bonchev–Trinajstić information content (AvgIpc) is 2.40. The van der Waals surface area contributed by atoms with Gasteiger partial charge in [-0.15, -0.1) is 6.58 Å². The van der Waals surface area contributed by atoms with Gasteiger partial charge in [-0.1, -0.05) is 62.8 Å². The Morgan fingerprint density at radius 2 is 1.79 bits per heavy atom. The lowest BCUT2D eigenvalue weighted by atomic mass is 10.00. The van der Waals surface area contributed by atoms with E-state index in [0.29, 0.717) is 6.04 Å². The summed E-state index contributed by atoms with van der Waals surface area (Å²) in [7, 11) is 0. The molecule has 0 radical (unpaired) electrons. The third-order valence-corrected chi connectivity index (χ3v) is 3.41. The lowest BCUT2D eigenvalue weighted by Crippen LogP contribution is -2.27. The van der Waals surface area contributed by atoms with E-state index in [4.69, 9.17) is 0 Å². The van der Waals surface area contributed by atoms with E-state index in [9.17, 15) is 0 Å². The molecular formula is C18H27N. The highest BCUT2D eigenvalue weighted by Gasteiger charge is 2.04. The van der Waals surface area contributed by atoms with Crippen molar-refractivity contribution >= 4 is 0 Å². The monoisotopic (exact) mass is 257 g/mol. The molecule has 19 heavy (non-hydrogen) atoms. The van der Waals surface area contributed by atoms with Crippen molar-refractivity contribution in [1.29, 1.82) is 0 Å². The van der Waals surface area contributed by atoms with Crippen molar-refractivity contribution < 1.29 is 0 Å². The maximum atomic E-state index is 3.89. The van der Waals surface area contributed by atoms with Crippen LogP contribution >= 0.6 is 0 Å². The van der Waals surface area contributed by atoms with Crippen LogP contribution in [0.2, 0.25) is 0 Å². The number of nitrogens with one attached hydrogen (secondary N) is 1. The van der Waals surface area contributed by atoms with E-state index in [1.165, 1.54) is 24.0 Å². The fraction of sp³-hybridized carbons (Fsp3) is 0.444. The molecule has 0 bridgehead atoms. The van der Waals surface area contributed by atoms with E-state index in [2.05, 4.69) is 62.2 Å². The number of hydrogen-bond acceptors (Lipinski definition) is 1. The molecule has 0 fully saturated rings. The average molecular weight is 257 g/mol. The van der Waals surface area contributed by atoms with Crippen LogP contribution in [0, 0.1) is 0 Å². The fourth-order valence-corrected chi connectivity index (χ4v) is 2.28. The van der Waals surface area contributed by atoms with Gasteiger partial charge in [0, 0.05) is 6.04 Å². The molecule has 1 aliphatic carbocycles. The van der Waals surface area contributed by atoms with Gasteiger partial charge in [0.2, 0.25) is 0 Å². The molecule has 0 saturated carbocycles. The number of rotatable bonds is 8. The van der Waals surface area contributed by atoms with Crippen LogP contribution in [-0.4, -0.2) is 12.6 Å². The van der Waals surface area contributed by atoms with Crippen LogP contribution in [0.15, 0.2) is 60.3 Å². The molecule has 1 atom stereocenters. The molecule has 1 aliphatic rings. The first-order chi connectivity index (χ1) is 9.31. The summed E-state index contributed by atoms with van der Waals surface area (Å²) in [5.74, 6) is 0. The number of allylic oxidation sites excluding steroid dienone is 7. The van der Waals surface area contributed by atoms with Crippen LogP contribution in [-0.2, 0) is 0 Å². The molecule has 1 nitrogen and oxygen atoms in total. The smallest absolute Gasteiger partial charge is 0.0247 e. The van der Waals surface area contributed by atoms with E-state index in [0.717, 1.165) is 19.4 Å². The fourth-order valence-electron chi connectivity index (χ4n) is 2.28. The minimum atomic E-state index is 0.448. The molecule has 0 aliphatic heterocycles. The van der Waals surface area contributed by atoms with Crippen molar-refractivity contribution in [2.45, 2.75) is 45.6 Å². The summed E-state index contributed by atoms with van der Waals surface area (Å²) in [6.07, 6.45) is 19.4. The Bertz CT molecular complexity index is 382. The molecule has 1 N–H and O–H groups in total. The third-order valence-electron chi connectivity index (χ3n) is 3.41. The van der Waals surface area contributed by atoms with Gasteiger partial charge < -0.3 is 5.32 Å². The number of hydrogen-bond donors (Lipinski definition) is 1. The van der Waals surface area contributed by atoms with Crippen molar-refractivity contribution in [3.8, 4) is 0 Å². The first-order valence-electron chi connectivity index (χ1n) is 7.41. The molecule has 0 aromatic rings. The van der Waals surface area contributed by atoms with E-state index in [1.807, 2.05) is 6.08 Å². The summed E-state index contributed by atoms with van der Waals surface area (Å²) in [6.45, 7) is 9.34. The molecular weight excluding hydrogens is 230 g/mol. The van der Waals surface area contributed by atoms with Crippen LogP contribution in [0.5, 0.6) is 0 Å². The van der Waals surface area contributed by atoms with Crippen molar-refractivity contribution in [3.63, 3.8) is 0 Å². The summed E-state index contributed by atoms with van der Waals surface area (Å²) < 4.78 is 0. The van der Waals surface area contributed by atoms with Crippen molar-refractivity contribution in [1.82, 2.24) is 5.32 Å². The van der Waals surface area contributed by atoms with E-state index in [1.54, 1.807) is 0 Å². The zero-order valence-corrected chi connectivity index (χ0v) is 12.4. The van der Waals surface area contributed by atoms with Gasteiger partial charge in [-0.3, -0.25) is 0 Å². The maximum Gasteiger partial charge on any atom is 0.0247 e. The second-order valence-corrected chi connectivity index (χ2v) is 4.84. The van der Waals surface area contributed by atoms with Gasteiger partial charge in [-0.25, -0.2) is 0 Å². The lowest BCUT2D eigenvalue weighted by Gasteiger charge is -2.15. The third kappa shape index (κ3) is 5.89. The topological polar surface area (TPSA) is 12.0 Å². The second-order valence-electron chi connectivity index (χ2n) is 4.84.